The van der Waals surface area contributed by atoms with Crippen molar-refractivity contribution in [3.05, 3.63) is 32.6 Å². The minimum Gasteiger partial charge on any atom is -0.293 e. The highest BCUT2D eigenvalue weighted by Crippen LogP contribution is 2.19. The molecule has 14 heavy (non-hydrogen) atoms. The second-order valence-electron chi connectivity index (χ2n) is 2.48. The Balaban J connectivity index is 3.42. The highest BCUT2D eigenvalue weighted by atomic mass is 127. The lowest BCUT2D eigenvalue weighted by Crippen LogP contribution is -2.06. The van der Waals surface area contributed by atoms with Gasteiger partial charge in [0.25, 0.3) is 0 Å². The first-order valence-electron chi connectivity index (χ1n) is 3.58. The van der Waals surface area contributed by atoms with Gasteiger partial charge in [0.15, 0.2) is 5.78 Å². The topological polar surface area (TPSA) is 40.9 Å². The highest BCUT2D eigenvalue weighted by molar-refractivity contribution is 14.1. The Morgan fingerprint density at radius 1 is 1.64 bits per heavy atom. The number of halogens is 3. The van der Waals surface area contributed by atoms with E-state index in [0.29, 0.717) is 3.57 Å². The van der Waals surface area contributed by atoms with Crippen molar-refractivity contribution in [1.29, 1.82) is 5.26 Å². The zero-order chi connectivity index (χ0) is 10.7. The highest BCUT2D eigenvalue weighted by Gasteiger charge is 2.15. The lowest BCUT2D eigenvalue weighted by molar-refractivity contribution is 0.102. The Labute approximate surface area is 98.8 Å². The van der Waals surface area contributed by atoms with Crippen LogP contribution in [0.3, 0.4) is 0 Å². The fourth-order valence-electron chi connectivity index (χ4n) is 1.01. The van der Waals surface area contributed by atoms with Crippen LogP contribution < -0.4 is 0 Å². The number of alkyl halides is 1. The van der Waals surface area contributed by atoms with Crippen LogP contribution in [0, 0.1) is 20.7 Å². The number of nitriles is 1. The van der Waals surface area contributed by atoms with Crippen LogP contribution in [-0.2, 0) is 0 Å². The van der Waals surface area contributed by atoms with Crippen LogP contribution in [0.15, 0.2) is 12.1 Å². The summed E-state index contributed by atoms with van der Waals surface area (Å²) in [4.78, 5) is 11.3. The molecule has 0 aliphatic rings. The number of nitrogens with zero attached hydrogens (tertiary/aromatic N) is 1. The summed E-state index contributed by atoms with van der Waals surface area (Å²) >= 11 is 7.17. The predicted molar refractivity (Wildman–Crippen MR) is 58.9 cm³/mol. The minimum absolute atomic E-state index is 0.0278. The van der Waals surface area contributed by atoms with Gasteiger partial charge in [0.05, 0.1) is 17.0 Å². The van der Waals surface area contributed by atoms with Crippen LogP contribution in [0.5, 0.6) is 0 Å². The Morgan fingerprint density at radius 2 is 2.29 bits per heavy atom. The molecule has 0 aliphatic carbocycles. The van der Waals surface area contributed by atoms with Crippen molar-refractivity contribution < 1.29 is 9.18 Å². The molecule has 72 valence electrons. The molecule has 0 radical (unpaired) electrons. The van der Waals surface area contributed by atoms with Crippen molar-refractivity contribution in [2.75, 3.05) is 5.88 Å². The summed E-state index contributed by atoms with van der Waals surface area (Å²) in [6.07, 6.45) is 0. The third-order valence-electron chi connectivity index (χ3n) is 1.58. The molecule has 0 fully saturated rings. The van der Waals surface area contributed by atoms with Crippen molar-refractivity contribution in [2.45, 2.75) is 0 Å². The number of carbonyl (C=O) groups is 1. The van der Waals surface area contributed by atoms with Gasteiger partial charge in [-0.25, -0.2) is 4.39 Å². The van der Waals surface area contributed by atoms with Gasteiger partial charge in [-0.1, -0.05) is 0 Å². The number of rotatable bonds is 2. The van der Waals surface area contributed by atoms with Gasteiger partial charge >= 0.3 is 0 Å². The lowest BCUT2D eigenvalue weighted by Gasteiger charge is -2.03. The molecule has 2 nitrogen and oxygen atoms in total. The number of Topliss-reactive ketones (excluding diaryl/α,β-unsaturated/α-hetero) is 1. The maximum Gasteiger partial charge on any atom is 0.179 e. The number of benzene rings is 1. The van der Waals surface area contributed by atoms with E-state index < -0.39 is 5.82 Å². The quantitative estimate of drug-likeness (QED) is 0.477. The van der Waals surface area contributed by atoms with Crippen molar-refractivity contribution in [3.8, 4) is 6.07 Å². The third-order valence-corrected chi connectivity index (χ3v) is 2.67. The third kappa shape index (κ3) is 2.22. The average molecular weight is 323 g/mol. The molecule has 5 heteroatoms. The molecule has 0 amide bonds. The number of carbonyl (C=O) groups excluding carboxylic acids is 1. The van der Waals surface area contributed by atoms with Gasteiger partial charge in [0.1, 0.15) is 11.9 Å². The fourth-order valence-corrected chi connectivity index (χ4v) is 2.03. The molecule has 1 aromatic rings. The molecule has 0 unspecified atom stereocenters. The first-order chi connectivity index (χ1) is 6.60. The van der Waals surface area contributed by atoms with E-state index in [4.69, 9.17) is 16.9 Å². The minimum atomic E-state index is -0.530. The van der Waals surface area contributed by atoms with Gasteiger partial charge in [-0.05, 0) is 34.7 Å². The molecule has 0 spiro atoms. The molecule has 1 rings (SSSR count). The van der Waals surface area contributed by atoms with E-state index in [2.05, 4.69) is 0 Å². The van der Waals surface area contributed by atoms with E-state index >= 15 is 0 Å². The van der Waals surface area contributed by atoms with E-state index in [-0.39, 0.29) is 22.8 Å². The molecule has 0 saturated carbocycles. The van der Waals surface area contributed by atoms with Crippen LogP contribution in [-0.4, -0.2) is 11.7 Å². The van der Waals surface area contributed by atoms with Gasteiger partial charge in [-0.3, -0.25) is 4.79 Å². The zero-order valence-electron chi connectivity index (χ0n) is 6.85. The maximum absolute atomic E-state index is 12.9. The predicted octanol–water partition coefficient (Wildman–Crippen LogP) is 2.72. The standard InChI is InChI=1S/C9H4ClFINO/c10-3-8(14)9-5(4-13)1-6(11)2-7(9)12/h1-2H,3H2. The average Bonchev–Trinajstić information content (AvgIpc) is 2.15. The monoisotopic (exact) mass is 323 g/mol. The van der Waals surface area contributed by atoms with E-state index in [1.54, 1.807) is 28.7 Å². The Morgan fingerprint density at radius 3 is 2.79 bits per heavy atom. The zero-order valence-corrected chi connectivity index (χ0v) is 9.76. The van der Waals surface area contributed by atoms with Gasteiger partial charge in [-0.2, -0.15) is 5.26 Å². The van der Waals surface area contributed by atoms with E-state index in [0.717, 1.165) is 6.07 Å². The Hall–Kier alpha value is -0.670. The fraction of sp³-hybridized carbons (Fsp3) is 0.111. The van der Waals surface area contributed by atoms with Crippen molar-refractivity contribution in [2.24, 2.45) is 0 Å². The molecule has 0 aliphatic heterocycles. The summed E-state index contributed by atoms with van der Waals surface area (Å²) in [5.74, 6) is -1.11. The van der Waals surface area contributed by atoms with Crippen LogP contribution in [0.25, 0.3) is 0 Å². The van der Waals surface area contributed by atoms with Crippen LogP contribution in [0.4, 0.5) is 4.39 Å². The molecule has 1 aromatic carbocycles. The summed E-state index contributed by atoms with van der Waals surface area (Å²) in [7, 11) is 0. The molecule has 0 bridgehead atoms. The second kappa shape index (κ2) is 4.71. The van der Waals surface area contributed by atoms with Crippen LogP contribution in [0.1, 0.15) is 15.9 Å². The van der Waals surface area contributed by atoms with Crippen molar-refractivity contribution in [1.82, 2.24) is 0 Å². The molecule has 0 saturated heterocycles. The Bertz CT molecular complexity index is 428. The van der Waals surface area contributed by atoms with Gasteiger partial charge in [-0.15, -0.1) is 11.6 Å². The largest absolute Gasteiger partial charge is 0.293 e. The number of hydrogen-bond donors (Lipinski definition) is 0. The van der Waals surface area contributed by atoms with Crippen LogP contribution >= 0.6 is 34.2 Å². The molecule has 0 atom stereocenters. The first kappa shape index (κ1) is 11.4. The maximum atomic E-state index is 12.9. The summed E-state index contributed by atoms with van der Waals surface area (Å²) in [5, 5.41) is 8.70. The Kier molecular flexibility index (Phi) is 3.84. The molecular formula is C9H4ClFINO. The SMILES string of the molecule is N#Cc1cc(F)cc(I)c1C(=O)CCl. The summed E-state index contributed by atoms with van der Waals surface area (Å²) in [6.45, 7) is 0. The first-order valence-corrected chi connectivity index (χ1v) is 5.19. The van der Waals surface area contributed by atoms with Crippen molar-refractivity contribution in [3.63, 3.8) is 0 Å². The number of hydrogen-bond acceptors (Lipinski definition) is 2. The molecular weight excluding hydrogens is 319 g/mol. The van der Waals surface area contributed by atoms with Gasteiger partial charge < -0.3 is 0 Å². The van der Waals surface area contributed by atoms with Gasteiger partial charge in [0, 0.05) is 3.57 Å². The summed E-state index contributed by atoms with van der Waals surface area (Å²) < 4.78 is 13.3. The number of ketones is 1. The summed E-state index contributed by atoms with van der Waals surface area (Å²) in [5.41, 5.74) is 0.226. The van der Waals surface area contributed by atoms with Crippen LogP contribution in [0.2, 0.25) is 0 Å². The summed E-state index contributed by atoms with van der Waals surface area (Å²) in [6, 6.07) is 3.99. The molecule has 0 N–H and O–H groups in total. The normalized spacial score (nSPS) is 9.57. The van der Waals surface area contributed by atoms with Crippen molar-refractivity contribution >= 4 is 40.0 Å². The van der Waals surface area contributed by atoms with E-state index in [9.17, 15) is 9.18 Å². The lowest BCUT2D eigenvalue weighted by atomic mass is 10.1. The van der Waals surface area contributed by atoms with Gasteiger partial charge in [0.2, 0.25) is 0 Å². The second-order valence-corrected chi connectivity index (χ2v) is 3.91. The molecule has 0 heterocycles. The van der Waals surface area contributed by atoms with E-state index in [1.807, 2.05) is 0 Å². The smallest absolute Gasteiger partial charge is 0.179 e. The van der Waals surface area contributed by atoms with E-state index in [1.165, 1.54) is 6.07 Å². The molecule has 0 aromatic heterocycles.